The summed E-state index contributed by atoms with van der Waals surface area (Å²) in [4.78, 5) is 9.31. The van der Waals surface area contributed by atoms with E-state index in [4.69, 9.17) is 0 Å². The van der Waals surface area contributed by atoms with E-state index in [-0.39, 0.29) is 0 Å². The van der Waals surface area contributed by atoms with Crippen molar-refractivity contribution in [2.45, 2.75) is 40.2 Å². The van der Waals surface area contributed by atoms with Crippen LogP contribution in [0.2, 0.25) is 0 Å². The monoisotopic (exact) mass is 269 g/mol. The van der Waals surface area contributed by atoms with Crippen LogP contribution in [0.4, 0.5) is 0 Å². The number of aromatic nitrogens is 2. The Bertz CT molecular complexity index is 526. The Hall–Kier alpha value is -1.74. The third-order valence-corrected chi connectivity index (χ3v) is 3.40. The Morgan fingerprint density at radius 3 is 2.25 bits per heavy atom. The fourth-order valence-corrected chi connectivity index (χ4v) is 2.31. The third kappa shape index (κ3) is 3.87. The lowest BCUT2D eigenvalue weighted by atomic mass is 10.1. The van der Waals surface area contributed by atoms with Crippen LogP contribution in [0.3, 0.4) is 0 Å². The molecule has 0 bridgehead atoms. The molecule has 3 heteroatoms. The van der Waals surface area contributed by atoms with E-state index in [1.165, 1.54) is 11.1 Å². The van der Waals surface area contributed by atoms with Crippen molar-refractivity contribution in [3.63, 3.8) is 0 Å². The smallest absolute Gasteiger partial charge is 0.133 e. The first-order valence-corrected chi connectivity index (χ1v) is 7.28. The van der Waals surface area contributed by atoms with Crippen LogP contribution >= 0.6 is 0 Å². The number of rotatable bonds is 6. The van der Waals surface area contributed by atoms with E-state index in [0.717, 1.165) is 43.1 Å². The SMILES string of the molecule is CCCNCc1c(C)nc(Cc2ccccc2)nc1C. The van der Waals surface area contributed by atoms with Crippen molar-refractivity contribution >= 4 is 0 Å². The molecule has 106 valence electrons. The zero-order valence-electron chi connectivity index (χ0n) is 12.6. The molecule has 0 aliphatic heterocycles. The molecule has 0 fully saturated rings. The van der Waals surface area contributed by atoms with Gasteiger partial charge in [0.05, 0.1) is 0 Å². The Kier molecular flexibility index (Phi) is 5.24. The normalized spacial score (nSPS) is 10.8. The van der Waals surface area contributed by atoms with Gasteiger partial charge < -0.3 is 5.32 Å². The van der Waals surface area contributed by atoms with E-state index in [2.05, 4.69) is 60.3 Å². The molecule has 0 spiro atoms. The van der Waals surface area contributed by atoms with Gasteiger partial charge in [0.15, 0.2) is 0 Å². The molecule has 0 saturated heterocycles. The molecule has 20 heavy (non-hydrogen) atoms. The molecule has 0 atom stereocenters. The van der Waals surface area contributed by atoms with Gasteiger partial charge in [-0.2, -0.15) is 0 Å². The first-order valence-electron chi connectivity index (χ1n) is 7.28. The summed E-state index contributed by atoms with van der Waals surface area (Å²) in [5.74, 6) is 0.908. The lowest BCUT2D eigenvalue weighted by Gasteiger charge is -2.11. The lowest BCUT2D eigenvalue weighted by Crippen LogP contribution is -2.17. The van der Waals surface area contributed by atoms with Gasteiger partial charge in [0, 0.05) is 29.9 Å². The summed E-state index contributed by atoms with van der Waals surface area (Å²) in [6.07, 6.45) is 1.94. The summed E-state index contributed by atoms with van der Waals surface area (Å²) in [5.41, 5.74) is 4.66. The van der Waals surface area contributed by atoms with Crippen molar-refractivity contribution in [3.8, 4) is 0 Å². The molecule has 0 saturated carbocycles. The van der Waals surface area contributed by atoms with Crippen LogP contribution < -0.4 is 5.32 Å². The minimum Gasteiger partial charge on any atom is -0.313 e. The highest BCUT2D eigenvalue weighted by atomic mass is 14.9. The number of nitrogens with one attached hydrogen (secondary N) is 1. The first kappa shape index (κ1) is 14.7. The van der Waals surface area contributed by atoms with Crippen molar-refractivity contribution < 1.29 is 0 Å². The largest absolute Gasteiger partial charge is 0.313 e. The summed E-state index contributed by atoms with van der Waals surface area (Å²) < 4.78 is 0. The minimum atomic E-state index is 0.797. The number of hydrogen-bond acceptors (Lipinski definition) is 3. The molecule has 0 unspecified atom stereocenters. The number of nitrogens with zero attached hydrogens (tertiary/aromatic N) is 2. The highest BCUT2D eigenvalue weighted by Crippen LogP contribution is 2.12. The Balaban J connectivity index is 2.13. The minimum absolute atomic E-state index is 0.797. The molecule has 1 N–H and O–H groups in total. The molecule has 0 aliphatic carbocycles. The Morgan fingerprint density at radius 1 is 1.00 bits per heavy atom. The molecule has 1 aromatic heterocycles. The zero-order chi connectivity index (χ0) is 14.4. The van der Waals surface area contributed by atoms with Gasteiger partial charge in [-0.25, -0.2) is 9.97 Å². The summed E-state index contributed by atoms with van der Waals surface area (Å²) in [7, 11) is 0. The summed E-state index contributed by atoms with van der Waals surface area (Å²) in [6, 6.07) is 10.4. The van der Waals surface area contributed by atoms with Gasteiger partial charge in [0.25, 0.3) is 0 Å². The predicted octanol–water partition coefficient (Wildman–Crippen LogP) is 3.18. The van der Waals surface area contributed by atoms with Crippen molar-refractivity contribution in [1.82, 2.24) is 15.3 Å². The second-order valence-electron chi connectivity index (χ2n) is 5.13. The van der Waals surface area contributed by atoms with Crippen LogP contribution in [0.1, 0.15) is 41.7 Å². The highest BCUT2D eigenvalue weighted by Gasteiger charge is 2.08. The summed E-state index contributed by atoms with van der Waals surface area (Å²) in [6.45, 7) is 8.21. The average molecular weight is 269 g/mol. The molecule has 0 aliphatic rings. The van der Waals surface area contributed by atoms with Crippen molar-refractivity contribution in [1.29, 1.82) is 0 Å². The number of hydrogen-bond donors (Lipinski definition) is 1. The van der Waals surface area contributed by atoms with Crippen molar-refractivity contribution in [3.05, 3.63) is 58.7 Å². The van der Waals surface area contributed by atoms with Gasteiger partial charge in [0.1, 0.15) is 5.82 Å². The van der Waals surface area contributed by atoms with Gasteiger partial charge in [-0.1, -0.05) is 37.3 Å². The second-order valence-corrected chi connectivity index (χ2v) is 5.13. The maximum Gasteiger partial charge on any atom is 0.133 e. The van der Waals surface area contributed by atoms with Crippen LogP contribution in [0.25, 0.3) is 0 Å². The first-order chi connectivity index (χ1) is 9.70. The maximum absolute atomic E-state index is 4.66. The van der Waals surface area contributed by atoms with E-state index < -0.39 is 0 Å². The van der Waals surface area contributed by atoms with Crippen LogP contribution in [0.15, 0.2) is 30.3 Å². The van der Waals surface area contributed by atoms with E-state index in [9.17, 15) is 0 Å². The highest BCUT2D eigenvalue weighted by molar-refractivity contribution is 5.26. The third-order valence-electron chi connectivity index (χ3n) is 3.40. The molecule has 2 rings (SSSR count). The van der Waals surface area contributed by atoms with Gasteiger partial charge in [0.2, 0.25) is 0 Å². The lowest BCUT2D eigenvalue weighted by molar-refractivity contribution is 0.662. The molecule has 1 aromatic carbocycles. The zero-order valence-corrected chi connectivity index (χ0v) is 12.6. The van der Waals surface area contributed by atoms with Crippen molar-refractivity contribution in [2.75, 3.05) is 6.54 Å². The van der Waals surface area contributed by atoms with E-state index in [0.29, 0.717) is 0 Å². The van der Waals surface area contributed by atoms with Gasteiger partial charge >= 0.3 is 0 Å². The number of benzene rings is 1. The fourth-order valence-electron chi connectivity index (χ4n) is 2.31. The summed E-state index contributed by atoms with van der Waals surface area (Å²) >= 11 is 0. The Morgan fingerprint density at radius 2 is 1.65 bits per heavy atom. The molecular weight excluding hydrogens is 246 g/mol. The quantitative estimate of drug-likeness (QED) is 0.818. The van der Waals surface area contributed by atoms with E-state index >= 15 is 0 Å². The van der Waals surface area contributed by atoms with Gasteiger partial charge in [-0.05, 0) is 32.4 Å². The molecule has 1 heterocycles. The Labute approximate surface area is 121 Å². The van der Waals surface area contributed by atoms with Crippen molar-refractivity contribution in [2.24, 2.45) is 0 Å². The second kappa shape index (κ2) is 7.15. The topological polar surface area (TPSA) is 37.8 Å². The van der Waals surface area contributed by atoms with Crippen LogP contribution in [0.5, 0.6) is 0 Å². The standard InChI is InChI=1S/C17H23N3/c1-4-10-18-12-16-13(2)19-17(20-14(16)3)11-15-8-6-5-7-9-15/h5-9,18H,4,10-12H2,1-3H3. The number of aryl methyl sites for hydroxylation is 2. The molecule has 3 nitrogen and oxygen atoms in total. The van der Waals surface area contributed by atoms with Crippen LogP contribution in [-0.4, -0.2) is 16.5 Å². The molecular formula is C17H23N3. The molecule has 0 radical (unpaired) electrons. The molecule has 2 aromatic rings. The maximum atomic E-state index is 4.66. The van der Waals surface area contributed by atoms with Gasteiger partial charge in [-0.3, -0.25) is 0 Å². The average Bonchev–Trinajstić information content (AvgIpc) is 2.43. The fraction of sp³-hybridized carbons (Fsp3) is 0.412. The van der Waals surface area contributed by atoms with Crippen LogP contribution in [0, 0.1) is 13.8 Å². The predicted molar refractivity (Wildman–Crippen MR) is 82.8 cm³/mol. The van der Waals surface area contributed by atoms with E-state index in [1.807, 2.05) is 6.07 Å². The van der Waals surface area contributed by atoms with Crippen LogP contribution in [-0.2, 0) is 13.0 Å². The van der Waals surface area contributed by atoms with Gasteiger partial charge in [-0.15, -0.1) is 0 Å². The summed E-state index contributed by atoms with van der Waals surface area (Å²) in [5, 5.41) is 3.42. The van der Waals surface area contributed by atoms with E-state index in [1.54, 1.807) is 0 Å². The molecule has 0 amide bonds.